The fourth-order valence-corrected chi connectivity index (χ4v) is 20.6. The molecule has 3 aromatic heterocycles. The minimum absolute atomic E-state index is 0. The average Bonchev–Trinajstić information content (AvgIpc) is 1.62. The summed E-state index contributed by atoms with van der Waals surface area (Å²) in [7, 11) is 4.31. The van der Waals surface area contributed by atoms with E-state index in [-0.39, 0.29) is 76.6 Å². The van der Waals surface area contributed by atoms with Crippen LogP contribution in [-0.4, -0.2) is 147 Å². The van der Waals surface area contributed by atoms with Crippen LogP contribution in [0.1, 0.15) is 153 Å². The number of halogens is 9. The summed E-state index contributed by atoms with van der Waals surface area (Å²) in [4.78, 5) is 28.9. The van der Waals surface area contributed by atoms with Crippen LogP contribution in [0.3, 0.4) is 0 Å². The standard InChI is InChI=1S/C28H33ClN4O2S.C20H16ClFN2O2S.C14H12BrClO2S.C12H16BFN2O2.C8H18N2.C7H8BrN.C6H4Cl2S.CH4.2H2O/c1-20-16-21(19-36(34,35)27-7-5-4-6-26(27)29)8-10-23(20)11-9-22-17-30-28(31-18-22)32-24-12-14-25(15-13-24)33(2)3;1-14-10-15(13-27(25,26)19-5-3-2-4-18(19)21)6-8-17(14)9-7-16-11-23-20(22)24-12-16;1-10-8-11(6-7-12(10)15)9-19(17,18)14-5-3-2-4-13(14)16;1-11(2)12(3,4)18-13(17-11)6-5-9-7-15-10(14)16-8-9;1-10(2)8-5-3-7(9)4-6-8;1-5-4-6(9)2-3-7(5)8;7-5-3-1-2-4-6(5)9-8;;;/h4-11,16-18,24-25H,12-15,19H2,1-3H3,(H,30,31,32);2-12H,13H2,1H3;2-8H,9H2,1H3;5-8H,1-4H3;7-8H,3-6,9H2,1-2H3;2-4H,9H2,1H3;1-4H;1H4;2*1H2/b11-9+;9-7+;;6-5+;;;;;;. The van der Waals surface area contributed by atoms with Crippen LogP contribution < -0.4 is 16.8 Å². The van der Waals surface area contributed by atoms with Gasteiger partial charge in [-0.3, -0.25) is 0 Å². The third kappa shape index (κ3) is 36.7. The third-order valence-corrected chi connectivity index (χ3v) is 31.2. The molecule has 1 aliphatic heterocycles. The summed E-state index contributed by atoms with van der Waals surface area (Å²) in [6.45, 7) is 15.8. The molecule has 131 heavy (non-hydrogen) atoms. The molecule has 11 aromatic rings. The molecule has 3 aliphatic rings. The van der Waals surface area contributed by atoms with E-state index in [0.717, 1.165) is 93.9 Å². The van der Waals surface area contributed by atoms with Crippen LogP contribution in [-0.2, 0) is 56.1 Å². The quantitative estimate of drug-likeness (QED) is 0.0362. The highest BCUT2D eigenvalue weighted by Gasteiger charge is 2.50. The number of aryl methyl sites for hydroxylation is 4. The minimum atomic E-state index is -3.53. The minimum Gasteiger partial charge on any atom is -0.412 e. The molecule has 3 fully saturated rings. The first-order valence-corrected chi connectivity index (χ1v) is 50.6. The second-order valence-corrected chi connectivity index (χ2v) is 42.5. The molecule has 2 saturated carbocycles. The summed E-state index contributed by atoms with van der Waals surface area (Å²) in [5, 5.41) is 4.90. The second-order valence-electron chi connectivity index (χ2n) is 32.3. The highest BCUT2D eigenvalue weighted by molar-refractivity contribution is 9.10. The van der Waals surface area contributed by atoms with Crippen molar-refractivity contribution >= 4 is 179 Å². The second kappa shape index (κ2) is 54.0. The average molecular weight is 2100 g/mol. The first-order chi connectivity index (χ1) is 60.5. The van der Waals surface area contributed by atoms with E-state index in [1.54, 1.807) is 90.9 Å². The molecule has 8 aromatic carbocycles. The lowest BCUT2D eigenvalue weighted by atomic mass is 9.89. The van der Waals surface area contributed by atoms with E-state index >= 15 is 0 Å². The van der Waals surface area contributed by atoms with Crippen molar-refractivity contribution < 1.29 is 54.3 Å². The molecule has 35 heteroatoms. The summed E-state index contributed by atoms with van der Waals surface area (Å²) in [5.41, 5.74) is 21.8. The lowest BCUT2D eigenvalue weighted by molar-refractivity contribution is 0.00578. The number of hydrogen-bond donors (Lipinski definition) is 3. The summed E-state index contributed by atoms with van der Waals surface area (Å²) < 4.78 is 114. The predicted octanol–water partition coefficient (Wildman–Crippen LogP) is 23.0. The number of aromatic nitrogens is 6. The van der Waals surface area contributed by atoms with Crippen LogP contribution in [0.15, 0.2) is 242 Å². The van der Waals surface area contributed by atoms with Gasteiger partial charge in [0, 0.05) is 97.6 Å². The van der Waals surface area contributed by atoms with Gasteiger partial charge in [-0.15, -0.1) is 0 Å². The number of nitrogens with two attached hydrogens (primary N) is 2. The molecule has 0 atom stereocenters. The van der Waals surface area contributed by atoms with E-state index in [9.17, 15) is 34.0 Å². The fourth-order valence-electron chi connectivity index (χ4n) is 13.4. The van der Waals surface area contributed by atoms with Gasteiger partial charge in [0.1, 0.15) is 0 Å². The molecule has 0 unspecified atom stereocenters. The van der Waals surface area contributed by atoms with Crippen LogP contribution in [0.25, 0.3) is 30.4 Å². The Morgan fingerprint density at radius 1 is 0.473 bits per heavy atom. The number of nitrogens with one attached hydrogen (secondary N) is 1. The van der Waals surface area contributed by atoms with Crippen LogP contribution in [0.2, 0.25) is 20.1 Å². The van der Waals surface area contributed by atoms with E-state index in [4.69, 9.17) is 77.9 Å². The lowest BCUT2D eigenvalue weighted by Crippen LogP contribution is -2.41. The number of nitrogens with zero attached hydrogens (tertiary/aromatic N) is 8. The molecule has 0 spiro atoms. The maximum Gasteiger partial charge on any atom is 0.487 e. The van der Waals surface area contributed by atoms with E-state index < -0.39 is 48.8 Å². The lowest BCUT2D eigenvalue weighted by Gasteiger charge is -2.32. The van der Waals surface area contributed by atoms with Crippen LogP contribution in [0, 0.1) is 39.9 Å². The molecule has 704 valence electrons. The summed E-state index contributed by atoms with van der Waals surface area (Å²) in [6, 6.07) is 51.7. The number of rotatable bonds is 20. The van der Waals surface area contributed by atoms with E-state index in [1.165, 1.54) is 81.0 Å². The predicted molar refractivity (Wildman–Crippen MR) is 545 cm³/mol. The summed E-state index contributed by atoms with van der Waals surface area (Å²) in [6.07, 6.45) is 26.7. The normalized spacial score (nSPS) is 16.2. The highest BCUT2D eigenvalue weighted by atomic mass is 79.9. The van der Waals surface area contributed by atoms with Gasteiger partial charge < -0.3 is 46.8 Å². The van der Waals surface area contributed by atoms with Crippen LogP contribution in [0.4, 0.5) is 20.4 Å². The molecular formula is C96H115BBr2Cl5F2N11O10S4. The molecule has 9 N–H and O–H groups in total. The molecule has 21 nitrogen and oxygen atoms in total. The van der Waals surface area contributed by atoms with E-state index in [0.29, 0.717) is 45.8 Å². The van der Waals surface area contributed by atoms with Crippen molar-refractivity contribution in [3.05, 3.63) is 321 Å². The van der Waals surface area contributed by atoms with Gasteiger partial charge in [-0.1, -0.05) is 219 Å². The van der Waals surface area contributed by atoms with Crippen molar-refractivity contribution in [3.8, 4) is 0 Å². The number of benzene rings is 8. The Balaban J connectivity index is 0.000000285. The van der Waals surface area contributed by atoms with Crippen molar-refractivity contribution in [2.45, 2.75) is 186 Å². The molecule has 14 rings (SSSR count). The van der Waals surface area contributed by atoms with Crippen molar-refractivity contribution in [2.75, 3.05) is 39.2 Å². The number of hydrogen-bond acceptors (Lipinski definition) is 20. The molecular weight excluding hydrogens is 1980 g/mol. The zero-order chi connectivity index (χ0) is 93.7. The molecule has 2 aliphatic carbocycles. The van der Waals surface area contributed by atoms with Gasteiger partial charge in [0.15, 0.2) is 29.5 Å². The van der Waals surface area contributed by atoms with E-state index in [2.05, 4.69) is 105 Å². The SMILES string of the molecule is C.CC1(C)OB(/C=C/c2cnc(F)nc2)OC1(C)C.CN(C)C1CCC(N)CC1.Cc1cc(CS(=O)(=O)c2ccccc2Cl)ccc1/C=C/c1cnc(F)nc1.Cc1cc(CS(=O)(=O)c2ccccc2Cl)ccc1/C=C/c1cnc(NC2CCC(N(C)C)CC2)nc1.Cc1cc(CS(=O)(=O)c2ccccc2Cl)ccc1Br.Cc1cc(N)ccc1Br.ClSc1ccccc1Cl.O.O. The Morgan fingerprint density at radius 3 is 1.15 bits per heavy atom. The van der Waals surface area contributed by atoms with Gasteiger partial charge in [0.2, 0.25) is 5.95 Å². The Kier molecular flexibility index (Phi) is 46.8. The van der Waals surface area contributed by atoms with Gasteiger partial charge in [0.25, 0.3) is 0 Å². The Hall–Kier alpha value is -7.93. The van der Waals surface area contributed by atoms with Crippen LogP contribution >= 0.6 is 99.9 Å². The zero-order valence-corrected chi connectivity index (χ0v) is 84.5. The number of sulfone groups is 3. The maximum atomic E-state index is 12.8. The molecule has 0 radical (unpaired) electrons. The number of nitrogen functional groups attached to an aromatic ring is 1. The Labute approximate surface area is 817 Å². The van der Waals surface area contributed by atoms with Gasteiger partial charge in [0.05, 0.1) is 63.2 Å². The first kappa shape index (κ1) is 114. The van der Waals surface area contributed by atoms with Crippen molar-refractivity contribution in [3.63, 3.8) is 0 Å². The molecule has 4 heterocycles. The Morgan fingerprint density at radius 2 is 0.809 bits per heavy atom. The summed E-state index contributed by atoms with van der Waals surface area (Å²) >= 11 is 30.6. The van der Waals surface area contributed by atoms with Crippen molar-refractivity contribution in [2.24, 2.45) is 5.73 Å². The molecule has 0 amide bonds. The largest absolute Gasteiger partial charge is 0.487 e. The van der Waals surface area contributed by atoms with Gasteiger partial charge in [-0.2, -0.15) is 8.78 Å². The summed E-state index contributed by atoms with van der Waals surface area (Å²) in [5.74, 6) is 2.16. The smallest absolute Gasteiger partial charge is 0.412 e. The van der Waals surface area contributed by atoms with E-state index in [1.807, 2.05) is 171 Å². The van der Waals surface area contributed by atoms with Gasteiger partial charge in [-0.25, -0.2) is 55.2 Å². The zero-order valence-electron chi connectivity index (χ0n) is 74.3. The van der Waals surface area contributed by atoms with Crippen molar-refractivity contribution in [1.82, 2.24) is 39.7 Å². The highest BCUT2D eigenvalue weighted by Crippen LogP contribution is 2.38. The maximum absolute atomic E-state index is 12.8. The Bertz CT molecular complexity index is 5920. The fraction of sp³-hybridized carbons (Fsp3) is 0.312. The van der Waals surface area contributed by atoms with Crippen molar-refractivity contribution in [1.29, 1.82) is 0 Å². The monoisotopic (exact) mass is 2090 g/mol. The topological polar surface area (TPSA) is 332 Å². The molecule has 1 saturated heterocycles. The van der Waals surface area contributed by atoms with Gasteiger partial charge >= 0.3 is 19.3 Å². The molecule has 0 bridgehead atoms. The number of anilines is 2. The van der Waals surface area contributed by atoms with Crippen LogP contribution in [0.5, 0.6) is 0 Å². The van der Waals surface area contributed by atoms with Gasteiger partial charge in [-0.05, 0) is 279 Å². The first-order valence-electron chi connectivity index (χ1n) is 40.9. The third-order valence-electron chi connectivity index (χ3n) is 21.4.